The maximum absolute atomic E-state index is 13.4. The maximum Gasteiger partial charge on any atom is 0.273 e. The van der Waals surface area contributed by atoms with E-state index in [1.54, 1.807) is 17.0 Å². The summed E-state index contributed by atoms with van der Waals surface area (Å²) >= 11 is 9.63. The number of carbonyl (C=O) groups is 1. The molecule has 7 nitrogen and oxygen atoms in total. The molecular formula is C21H17BrClN3O4S. The van der Waals surface area contributed by atoms with Crippen molar-refractivity contribution in [3.8, 4) is 17.0 Å². The van der Waals surface area contributed by atoms with Gasteiger partial charge in [0.15, 0.2) is 9.84 Å². The van der Waals surface area contributed by atoms with Crippen LogP contribution in [0.1, 0.15) is 34.1 Å². The zero-order valence-corrected chi connectivity index (χ0v) is 19.2. The molecule has 0 radical (unpaired) electrons. The highest BCUT2D eigenvalue weighted by atomic mass is 79.9. The van der Waals surface area contributed by atoms with Crippen LogP contribution in [0.5, 0.6) is 5.75 Å². The molecular weight excluding hydrogens is 506 g/mol. The van der Waals surface area contributed by atoms with Gasteiger partial charge in [0.1, 0.15) is 17.1 Å². The van der Waals surface area contributed by atoms with Crippen LogP contribution >= 0.6 is 27.5 Å². The van der Waals surface area contributed by atoms with E-state index in [4.69, 9.17) is 11.6 Å². The fourth-order valence-electron chi connectivity index (χ4n) is 4.44. The molecule has 2 unspecified atom stereocenters. The van der Waals surface area contributed by atoms with Crippen LogP contribution in [0.15, 0.2) is 46.9 Å². The zero-order valence-electron chi connectivity index (χ0n) is 16.0. The number of aromatic amines is 1. The van der Waals surface area contributed by atoms with Gasteiger partial charge in [-0.05, 0) is 42.3 Å². The Kier molecular flexibility index (Phi) is 4.87. The number of phenols is 1. The topological polar surface area (TPSA) is 103 Å². The molecule has 2 aromatic carbocycles. The van der Waals surface area contributed by atoms with E-state index in [0.717, 1.165) is 10.0 Å². The van der Waals surface area contributed by atoms with Gasteiger partial charge in [0, 0.05) is 26.7 Å². The molecule has 10 heteroatoms. The molecule has 2 aliphatic heterocycles. The van der Waals surface area contributed by atoms with Crippen molar-refractivity contribution in [2.24, 2.45) is 0 Å². The fourth-order valence-corrected chi connectivity index (χ4v) is 6.74. The molecule has 1 aromatic heterocycles. The number of halogens is 2. The highest BCUT2D eigenvalue weighted by Gasteiger charge is 2.48. The number of amides is 1. The van der Waals surface area contributed by atoms with Crippen LogP contribution in [0.4, 0.5) is 0 Å². The number of sulfone groups is 1. The minimum Gasteiger partial charge on any atom is -0.507 e. The molecule has 0 bridgehead atoms. The molecule has 0 spiro atoms. The summed E-state index contributed by atoms with van der Waals surface area (Å²) in [6.45, 7) is 0. The number of hydrogen-bond acceptors (Lipinski definition) is 5. The van der Waals surface area contributed by atoms with Crippen LogP contribution in [0, 0.1) is 0 Å². The van der Waals surface area contributed by atoms with Crippen molar-refractivity contribution >= 4 is 43.3 Å². The molecule has 1 amide bonds. The van der Waals surface area contributed by atoms with Gasteiger partial charge in [-0.1, -0.05) is 39.7 Å². The average molecular weight is 523 g/mol. The number of carbonyl (C=O) groups excluding carboxylic acids is 1. The van der Waals surface area contributed by atoms with Gasteiger partial charge in [0.2, 0.25) is 0 Å². The molecule has 1 fully saturated rings. The van der Waals surface area contributed by atoms with Crippen LogP contribution in [0.2, 0.25) is 5.02 Å². The number of phenolic OH excluding ortho intramolecular Hbond substituents is 1. The summed E-state index contributed by atoms with van der Waals surface area (Å²) in [5.74, 6) is -0.331. The summed E-state index contributed by atoms with van der Waals surface area (Å²) in [4.78, 5) is 15.1. The quantitative estimate of drug-likeness (QED) is 0.542. The van der Waals surface area contributed by atoms with Crippen molar-refractivity contribution in [2.75, 3.05) is 11.5 Å². The second-order valence-corrected chi connectivity index (χ2v) is 11.3. The molecule has 3 aromatic rings. The standard InChI is InChI=1S/C21H17BrClN3O4S/c22-12-3-1-2-11(8-12)20-17-18(15-9-13(23)4-5-16(15)27)24-25-19(17)21(28)26(20)14-6-7-31(29,30)10-14/h1-5,8-9,14,20,27H,6-7,10H2,(H,24,25). The molecule has 1 saturated heterocycles. The largest absolute Gasteiger partial charge is 0.507 e. The monoisotopic (exact) mass is 521 g/mol. The number of benzene rings is 2. The fraction of sp³-hybridized carbons (Fsp3) is 0.238. The van der Waals surface area contributed by atoms with E-state index >= 15 is 0 Å². The maximum atomic E-state index is 13.4. The van der Waals surface area contributed by atoms with E-state index in [1.807, 2.05) is 24.3 Å². The molecule has 3 heterocycles. The summed E-state index contributed by atoms with van der Waals surface area (Å²) in [6, 6.07) is 11.2. The van der Waals surface area contributed by atoms with Gasteiger partial charge in [-0.15, -0.1) is 0 Å². The van der Waals surface area contributed by atoms with Gasteiger partial charge in [-0.25, -0.2) is 8.42 Å². The molecule has 0 saturated carbocycles. The van der Waals surface area contributed by atoms with E-state index in [0.29, 0.717) is 34.0 Å². The minimum atomic E-state index is -3.20. The Morgan fingerprint density at radius 2 is 2.03 bits per heavy atom. The van der Waals surface area contributed by atoms with Crippen LogP contribution in [0.25, 0.3) is 11.3 Å². The number of rotatable bonds is 3. The summed E-state index contributed by atoms with van der Waals surface area (Å²) in [6.07, 6.45) is 0.383. The minimum absolute atomic E-state index is 0.0129. The summed E-state index contributed by atoms with van der Waals surface area (Å²) in [7, 11) is -3.20. The first-order chi connectivity index (χ1) is 14.7. The van der Waals surface area contributed by atoms with Gasteiger partial charge in [-0.3, -0.25) is 9.89 Å². The van der Waals surface area contributed by atoms with Crippen molar-refractivity contribution in [2.45, 2.75) is 18.5 Å². The van der Waals surface area contributed by atoms with Gasteiger partial charge < -0.3 is 10.0 Å². The van der Waals surface area contributed by atoms with E-state index in [1.165, 1.54) is 6.07 Å². The Morgan fingerprint density at radius 1 is 1.23 bits per heavy atom. The van der Waals surface area contributed by atoms with Gasteiger partial charge in [0.05, 0.1) is 17.5 Å². The molecule has 2 aliphatic rings. The summed E-state index contributed by atoms with van der Waals surface area (Å²) < 4.78 is 25.2. The summed E-state index contributed by atoms with van der Waals surface area (Å²) in [5.41, 5.74) is 2.53. The highest BCUT2D eigenvalue weighted by molar-refractivity contribution is 9.10. The molecule has 31 heavy (non-hydrogen) atoms. The number of fused-ring (bicyclic) bond motifs is 1. The van der Waals surface area contributed by atoms with Crippen LogP contribution in [-0.4, -0.2) is 52.1 Å². The Bertz CT molecular complexity index is 1320. The van der Waals surface area contributed by atoms with Crippen LogP contribution in [-0.2, 0) is 9.84 Å². The first kappa shape index (κ1) is 20.5. The predicted octanol–water partition coefficient (Wildman–Crippen LogP) is 3.93. The smallest absolute Gasteiger partial charge is 0.273 e. The predicted molar refractivity (Wildman–Crippen MR) is 120 cm³/mol. The number of aromatic hydroxyl groups is 1. The van der Waals surface area contributed by atoms with Crippen molar-refractivity contribution in [3.63, 3.8) is 0 Å². The van der Waals surface area contributed by atoms with Crippen molar-refractivity contribution < 1.29 is 18.3 Å². The molecule has 160 valence electrons. The molecule has 5 rings (SSSR count). The first-order valence-corrected chi connectivity index (χ1v) is 12.6. The second-order valence-electron chi connectivity index (χ2n) is 7.75. The Balaban J connectivity index is 1.71. The number of H-pyrrole nitrogens is 1. The first-order valence-electron chi connectivity index (χ1n) is 9.61. The number of aromatic nitrogens is 2. The Labute approximate surface area is 192 Å². The third-order valence-electron chi connectivity index (χ3n) is 5.78. The normalized spacial score (nSPS) is 22.1. The summed E-state index contributed by atoms with van der Waals surface area (Å²) in [5, 5.41) is 18.0. The Hall–Kier alpha value is -2.36. The third-order valence-corrected chi connectivity index (χ3v) is 8.26. The van der Waals surface area contributed by atoms with Crippen molar-refractivity contribution in [1.82, 2.24) is 15.1 Å². The third kappa shape index (κ3) is 3.44. The average Bonchev–Trinajstić information content (AvgIpc) is 3.37. The zero-order chi connectivity index (χ0) is 21.9. The molecule has 2 N–H and O–H groups in total. The van der Waals surface area contributed by atoms with E-state index in [-0.39, 0.29) is 23.2 Å². The molecule has 2 atom stereocenters. The number of nitrogens with one attached hydrogen (secondary N) is 1. The van der Waals surface area contributed by atoms with Gasteiger partial charge >= 0.3 is 0 Å². The lowest BCUT2D eigenvalue weighted by atomic mass is 9.95. The lowest BCUT2D eigenvalue weighted by Gasteiger charge is -2.31. The van der Waals surface area contributed by atoms with Crippen LogP contribution in [0.3, 0.4) is 0 Å². The Morgan fingerprint density at radius 3 is 2.74 bits per heavy atom. The van der Waals surface area contributed by atoms with Gasteiger partial charge in [0.25, 0.3) is 5.91 Å². The second kappa shape index (κ2) is 7.36. The lowest BCUT2D eigenvalue weighted by molar-refractivity contribution is 0.0677. The molecule has 0 aliphatic carbocycles. The number of hydrogen-bond donors (Lipinski definition) is 2. The van der Waals surface area contributed by atoms with E-state index in [9.17, 15) is 18.3 Å². The van der Waals surface area contributed by atoms with E-state index in [2.05, 4.69) is 26.1 Å². The van der Waals surface area contributed by atoms with Crippen molar-refractivity contribution in [1.29, 1.82) is 0 Å². The highest BCUT2D eigenvalue weighted by Crippen LogP contribution is 2.47. The van der Waals surface area contributed by atoms with E-state index < -0.39 is 21.9 Å². The van der Waals surface area contributed by atoms with Crippen LogP contribution < -0.4 is 0 Å². The van der Waals surface area contributed by atoms with Gasteiger partial charge in [-0.2, -0.15) is 5.10 Å². The SMILES string of the molecule is O=C1c2[nH]nc(-c3cc(Cl)ccc3O)c2C(c2cccc(Br)c2)N1C1CCS(=O)(=O)C1. The number of nitrogens with zero attached hydrogens (tertiary/aromatic N) is 2. The van der Waals surface area contributed by atoms with Crippen molar-refractivity contribution in [3.05, 3.63) is 68.8 Å². The lowest BCUT2D eigenvalue weighted by Crippen LogP contribution is -2.40.